The van der Waals surface area contributed by atoms with E-state index in [0.29, 0.717) is 24.8 Å². The van der Waals surface area contributed by atoms with Gasteiger partial charge in [0.15, 0.2) is 23.0 Å². The molecule has 1 heterocycles. The molecule has 0 radical (unpaired) electrons. The highest BCUT2D eigenvalue weighted by molar-refractivity contribution is 5.78. The van der Waals surface area contributed by atoms with E-state index in [9.17, 15) is 4.79 Å². The summed E-state index contributed by atoms with van der Waals surface area (Å²) in [6.07, 6.45) is 4.01. The largest absolute Gasteiger partial charge is 0.493 e. The second kappa shape index (κ2) is 12.4. The number of nitrogens with zero attached hydrogens (tertiary/aromatic N) is 1. The summed E-state index contributed by atoms with van der Waals surface area (Å²) < 4.78 is 23.0. The van der Waals surface area contributed by atoms with Crippen molar-refractivity contribution in [1.29, 1.82) is 0 Å². The zero-order valence-electron chi connectivity index (χ0n) is 23.1. The fraction of sp³-hybridized carbons (Fsp3) is 0.406. The standard InChI is InChI=1S/C32H38N2O5/c1-36-28-12-11-24(16-31(28)39-21-23-9-10-23)15-27-26-18-30(38-3)29(37-2)17-25(26)13-14-34(27)20-32(35)33-19-22-7-5-4-6-8-22/h4-8,11-12,16-18,23,27H,9-10,13-15,19-21H2,1-3H3,(H,33,35). The first-order valence-corrected chi connectivity index (χ1v) is 13.7. The Bertz CT molecular complexity index is 1280. The monoisotopic (exact) mass is 530 g/mol. The first kappa shape index (κ1) is 26.9. The number of amides is 1. The summed E-state index contributed by atoms with van der Waals surface area (Å²) in [5.74, 6) is 3.60. The van der Waals surface area contributed by atoms with Crippen molar-refractivity contribution in [1.82, 2.24) is 10.2 Å². The van der Waals surface area contributed by atoms with Crippen LogP contribution in [-0.2, 0) is 24.2 Å². The maximum absolute atomic E-state index is 13.1. The molecule has 1 atom stereocenters. The smallest absolute Gasteiger partial charge is 0.234 e. The van der Waals surface area contributed by atoms with Gasteiger partial charge in [0.25, 0.3) is 0 Å². The van der Waals surface area contributed by atoms with Gasteiger partial charge in [0.05, 0.1) is 34.5 Å². The van der Waals surface area contributed by atoms with E-state index in [0.717, 1.165) is 59.9 Å². The average Bonchev–Trinajstić information content (AvgIpc) is 3.81. The number of fused-ring (bicyclic) bond motifs is 1. The lowest BCUT2D eigenvalue weighted by Gasteiger charge is -2.37. The van der Waals surface area contributed by atoms with Gasteiger partial charge >= 0.3 is 0 Å². The zero-order valence-corrected chi connectivity index (χ0v) is 23.1. The van der Waals surface area contributed by atoms with Gasteiger partial charge in [-0.1, -0.05) is 36.4 Å². The van der Waals surface area contributed by atoms with Crippen LogP contribution >= 0.6 is 0 Å². The molecular weight excluding hydrogens is 492 g/mol. The second-order valence-corrected chi connectivity index (χ2v) is 10.3. The Morgan fingerprint density at radius 3 is 2.33 bits per heavy atom. The Balaban J connectivity index is 1.39. The molecule has 5 rings (SSSR count). The third-order valence-corrected chi connectivity index (χ3v) is 7.62. The second-order valence-electron chi connectivity index (χ2n) is 10.3. The lowest BCUT2D eigenvalue weighted by Crippen LogP contribution is -2.43. The molecule has 2 aliphatic rings. The number of nitrogens with one attached hydrogen (secondary N) is 1. The normalized spacial score (nSPS) is 16.7. The van der Waals surface area contributed by atoms with E-state index in [2.05, 4.69) is 34.5 Å². The first-order valence-electron chi connectivity index (χ1n) is 13.7. The Kier molecular flexibility index (Phi) is 8.57. The third-order valence-electron chi connectivity index (χ3n) is 7.62. The fourth-order valence-corrected chi connectivity index (χ4v) is 5.22. The topological polar surface area (TPSA) is 69.3 Å². The molecule has 0 spiro atoms. The highest BCUT2D eigenvalue weighted by atomic mass is 16.5. The average molecular weight is 531 g/mol. The Hall–Kier alpha value is -3.71. The summed E-state index contributed by atoms with van der Waals surface area (Å²) >= 11 is 0. The van der Waals surface area contributed by atoms with E-state index in [1.807, 2.05) is 36.4 Å². The molecule has 0 bridgehead atoms. The number of carbonyl (C=O) groups is 1. The lowest BCUT2D eigenvalue weighted by atomic mass is 9.88. The molecule has 1 N–H and O–H groups in total. The van der Waals surface area contributed by atoms with Crippen LogP contribution in [0, 0.1) is 5.92 Å². The molecule has 1 aliphatic heterocycles. The van der Waals surface area contributed by atoms with Gasteiger partial charge in [-0.3, -0.25) is 9.69 Å². The van der Waals surface area contributed by atoms with Gasteiger partial charge in [-0.15, -0.1) is 0 Å². The van der Waals surface area contributed by atoms with E-state index in [4.69, 9.17) is 18.9 Å². The maximum Gasteiger partial charge on any atom is 0.234 e. The molecule has 7 nitrogen and oxygen atoms in total. The highest BCUT2D eigenvalue weighted by Gasteiger charge is 2.31. The number of carbonyl (C=O) groups excluding carboxylic acids is 1. The third kappa shape index (κ3) is 6.66. The summed E-state index contributed by atoms with van der Waals surface area (Å²) in [7, 11) is 4.99. The van der Waals surface area contributed by atoms with Crippen molar-refractivity contribution in [2.75, 3.05) is 41.0 Å². The summed E-state index contributed by atoms with van der Waals surface area (Å²) in [5, 5.41) is 3.09. The van der Waals surface area contributed by atoms with Crippen LogP contribution in [0.2, 0.25) is 0 Å². The molecule has 0 aromatic heterocycles. The van der Waals surface area contributed by atoms with E-state index >= 15 is 0 Å². The number of hydrogen-bond donors (Lipinski definition) is 1. The molecular formula is C32H38N2O5. The van der Waals surface area contributed by atoms with Gasteiger partial charge in [-0.2, -0.15) is 0 Å². The van der Waals surface area contributed by atoms with Crippen LogP contribution in [0.3, 0.4) is 0 Å². The zero-order chi connectivity index (χ0) is 27.2. The first-order chi connectivity index (χ1) is 19.1. The molecule has 206 valence electrons. The molecule has 1 aliphatic carbocycles. The van der Waals surface area contributed by atoms with E-state index in [-0.39, 0.29) is 11.9 Å². The van der Waals surface area contributed by atoms with Crippen LogP contribution in [0.4, 0.5) is 0 Å². The minimum atomic E-state index is -0.0132. The summed E-state index contributed by atoms with van der Waals surface area (Å²) in [6, 6.07) is 20.3. The van der Waals surface area contributed by atoms with Gasteiger partial charge in [-0.25, -0.2) is 0 Å². The minimum absolute atomic E-state index is 0.0102. The summed E-state index contributed by atoms with van der Waals surface area (Å²) in [5.41, 5.74) is 4.59. The Morgan fingerprint density at radius 1 is 0.872 bits per heavy atom. The Morgan fingerprint density at radius 2 is 1.62 bits per heavy atom. The molecule has 3 aromatic carbocycles. The van der Waals surface area contributed by atoms with Gasteiger partial charge in [0.1, 0.15) is 0 Å². The SMILES string of the molecule is COc1cc2c(cc1OC)C(Cc1ccc(OC)c(OCC3CC3)c1)N(CC(=O)NCc1ccccc1)CC2. The molecule has 7 heteroatoms. The van der Waals surface area contributed by atoms with E-state index in [1.165, 1.54) is 18.4 Å². The Labute approximate surface area is 231 Å². The number of hydrogen-bond acceptors (Lipinski definition) is 6. The van der Waals surface area contributed by atoms with Crippen molar-refractivity contribution in [2.24, 2.45) is 5.92 Å². The fourth-order valence-electron chi connectivity index (χ4n) is 5.22. The van der Waals surface area contributed by atoms with Crippen molar-refractivity contribution in [3.63, 3.8) is 0 Å². The van der Waals surface area contributed by atoms with Crippen LogP contribution < -0.4 is 24.3 Å². The summed E-state index contributed by atoms with van der Waals surface area (Å²) in [4.78, 5) is 15.3. The number of benzene rings is 3. The van der Waals surface area contributed by atoms with Gasteiger partial charge in [0.2, 0.25) is 5.91 Å². The summed E-state index contributed by atoms with van der Waals surface area (Å²) in [6.45, 7) is 2.32. The molecule has 1 fully saturated rings. The molecule has 0 saturated heterocycles. The number of rotatable bonds is 12. The molecule has 3 aromatic rings. The van der Waals surface area contributed by atoms with Crippen LogP contribution in [-0.4, -0.2) is 51.8 Å². The number of methoxy groups -OCH3 is 3. The minimum Gasteiger partial charge on any atom is -0.493 e. The van der Waals surface area contributed by atoms with E-state index in [1.54, 1.807) is 21.3 Å². The number of ether oxygens (including phenoxy) is 4. The molecule has 1 unspecified atom stereocenters. The molecule has 39 heavy (non-hydrogen) atoms. The van der Waals surface area contributed by atoms with Crippen LogP contribution in [0.1, 0.15) is 41.1 Å². The predicted octanol–water partition coefficient (Wildman–Crippen LogP) is 4.96. The molecule has 1 saturated carbocycles. The molecule has 1 amide bonds. The van der Waals surface area contributed by atoms with Gasteiger partial charge in [-0.05, 0) is 78.1 Å². The lowest BCUT2D eigenvalue weighted by molar-refractivity contribution is -0.123. The van der Waals surface area contributed by atoms with Crippen LogP contribution in [0.5, 0.6) is 23.0 Å². The van der Waals surface area contributed by atoms with Gasteiger partial charge < -0.3 is 24.3 Å². The highest BCUT2D eigenvalue weighted by Crippen LogP contribution is 2.40. The quantitative estimate of drug-likeness (QED) is 0.357. The predicted molar refractivity (Wildman–Crippen MR) is 151 cm³/mol. The van der Waals surface area contributed by atoms with Crippen molar-refractivity contribution in [3.05, 3.63) is 82.9 Å². The maximum atomic E-state index is 13.1. The van der Waals surface area contributed by atoms with Crippen molar-refractivity contribution in [2.45, 2.75) is 38.3 Å². The van der Waals surface area contributed by atoms with Gasteiger partial charge in [0, 0.05) is 19.1 Å². The van der Waals surface area contributed by atoms with Crippen LogP contribution in [0.25, 0.3) is 0 Å². The van der Waals surface area contributed by atoms with Crippen molar-refractivity contribution < 1.29 is 23.7 Å². The van der Waals surface area contributed by atoms with Crippen molar-refractivity contribution >= 4 is 5.91 Å². The van der Waals surface area contributed by atoms with E-state index < -0.39 is 0 Å². The van der Waals surface area contributed by atoms with Crippen LogP contribution in [0.15, 0.2) is 60.7 Å². The van der Waals surface area contributed by atoms with Crippen molar-refractivity contribution in [3.8, 4) is 23.0 Å².